The molecule has 1 aromatic heterocycles. The van der Waals surface area contributed by atoms with E-state index in [1.807, 2.05) is 72.8 Å². The van der Waals surface area contributed by atoms with E-state index in [0.29, 0.717) is 25.2 Å². The molecule has 1 unspecified atom stereocenters. The molecule has 1 aliphatic rings. The number of nitrogens with one attached hydrogen (secondary N) is 2. The van der Waals surface area contributed by atoms with Crippen LogP contribution >= 0.6 is 0 Å². The van der Waals surface area contributed by atoms with Crippen molar-refractivity contribution in [1.29, 1.82) is 0 Å². The van der Waals surface area contributed by atoms with Crippen LogP contribution in [0.3, 0.4) is 0 Å². The van der Waals surface area contributed by atoms with Gasteiger partial charge in [0.1, 0.15) is 6.04 Å². The first-order chi connectivity index (χ1) is 17.1. The molecule has 2 amide bonds. The van der Waals surface area contributed by atoms with Crippen molar-refractivity contribution in [2.75, 3.05) is 11.4 Å². The number of aryl methyl sites for hydroxylation is 1. The predicted octanol–water partition coefficient (Wildman–Crippen LogP) is 2.46. The van der Waals surface area contributed by atoms with E-state index in [1.54, 1.807) is 4.90 Å². The number of carbonyl (C=O) groups excluding carboxylic acids is 2. The van der Waals surface area contributed by atoms with E-state index in [2.05, 4.69) is 25.9 Å². The number of nitrogens with zero attached hydrogens (tertiary/aromatic N) is 4. The van der Waals surface area contributed by atoms with Gasteiger partial charge >= 0.3 is 0 Å². The summed E-state index contributed by atoms with van der Waals surface area (Å²) in [5.41, 5.74) is 11.3. The number of aromatic amines is 1. The van der Waals surface area contributed by atoms with Crippen LogP contribution in [-0.2, 0) is 22.6 Å². The van der Waals surface area contributed by atoms with Crippen molar-refractivity contribution in [1.82, 2.24) is 25.9 Å². The van der Waals surface area contributed by atoms with Gasteiger partial charge in [-0.15, -0.1) is 5.10 Å². The SMILES string of the molecule is NCC(=O)NC1CCc2ccccc2N(Cc2ccc(-c3ccccc3-c3nnn[nH]3)cc2)C1=O. The van der Waals surface area contributed by atoms with Gasteiger partial charge in [0.15, 0.2) is 5.82 Å². The zero-order valence-corrected chi connectivity index (χ0v) is 19.0. The highest BCUT2D eigenvalue weighted by Gasteiger charge is 2.31. The van der Waals surface area contributed by atoms with Crippen molar-refractivity contribution in [2.24, 2.45) is 5.73 Å². The number of nitrogens with two attached hydrogens (primary N) is 1. The molecule has 35 heavy (non-hydrogen) atoms. The number of rotatable bonds is 6. The molecule has 0 bridgehead atoms. The van der Waals surface area contributed by atoms with Crippen molar-refractivity contribution < 1.29 is 9.59 Å². The van der Waals surface area contributed by atoms with Gasteiger partial charge in [0, 0.05) is 11.3 Å². The number of hydrogen-bond acceptors (Lipinski definition) is 6. The highest BCUT2D eigenvalue weighted by atomic mass is 16.2. The third-order valence-electron chi connectivity index (χ3n) is 6.20. The Morgan fingerprint density at radius 2 is 1.77 bits per heavy atom. The first kappa shape index (κ1) is 22.4. The van der Waals surface area contributed by atoms with Crippen molar-refractivity contribution in [2.45, 2.75) is 25.4 Å². The molecule has 4 N–H and O–H groups in total. The van der Waals surface area contributed by atoms with Crippen molar-refractivity contribution >= 4 is 17.5 Å². The van der Waals surface area contributed by atoms with Gasteiger partial charge in [-0.05, 0) is 51.6 Å². The number of benzene rings is 3. The van der Waals surface area contributed by atoms with Crippen LogP contribution in [0.5, 0.6) is 0 Å². The van der Waals surface area contributed by atoms with Crippen LogP contribution < -0.4 is 16.0 Å². The van der Waals surface area contributed by atoms with Gasteiger partial charge in [0.25, 0.3) is 0 Å². The zero-order chi connectivity index (χ0) is 24.2. The molecule has 2 heterocycles. The fourth-order valence-corrected chi connectivity index (χ4v) is 4.45. The van der Waals surface area contributed by atoms with E-state index < -0.39 is 6.04 Å². The molecule has 1 aliphatic heterocycles. The van der Waals surface area contributed by atoms with E-state index in [-0.39, 0.29) is 18.4 Å². The minimum atomic E-state index is -0.611. The molecule has 0 fully saturated rings. The highest BCUT2D eigenvalue weighted by molar-refractivity contribution is 6.00. The number of amides is 2. The van der Waals surface area contributed by atoms with Gasteiger partial charge in [0.05, 0.1) is 13.1 Å². The molecule has 0 saturated heterocycles. The third-order valence-corrected chi connectivity index (χ3v) is 6.20. The maximum absolute atomic E-state index is 13.5. The summed E-state index contributed by atoms with van der Waals surface area (Å²) in [6.07, 6.45) is 1.23. The van der Waals surface area contributed by atoms with Crippen LogP contribution in [0.4, 0.5) is 5.69 Å². The minimum Gasteiger partial charge on any atom is -0.343 e. The molecule has 0 aliphatic carbocycles. The van der Waals surface area contributed by atoms with E-state index >= 15 is 0 Å². The zero-order valence-electron chi connectivity index (χ0n) is 19.0. The summed E-state index contributed by atoms with van der Waals surface area (Å²) in [5, 5.41) is 17.0. The number of hydrogen-bond donors (Lipinski definition) is 3. The average Bonchev–Trinajstić information content (AvgIpc) is 3.41. The smallest absolute Gasteiger partial charge is 0.249 e. The summed E-state index contributed by atoms with van der Waals surface area (Å²) >= 11 is 0. The van der Waals surface area contributed by atoms with Crippen LogP contribution in [-0.4, -0.2) is 45.0 Å². The van der Waals surface area contributed by atoms with E-state index in [0.717, 1.165) is 33.5 Å². The van der Waals surface area contributed by atoms with Gasteiger partial charge in [0.2, 0.25) is 11.8 Å². The second-order valence-electron chi connectivity index (χ2n) is 8.41. The van der Waals surface area contributed by atoms with Crippen LogP contribution in [0.25, 0.3) is 22.5 Å². The molecule has 176 valence electrons. The summed E-state index contributed by atoms with van der Waals surface area (Å²) in [5.74, 6) is 0.130. The summed E-state index contributed by atoms with van der Waals surface area (Å²) in [6.45, 7) is 0.239. The van der Waals surface area contributed by atoms with Gasteiger partial charge in [-0.25, -0.2) is 5.10 Å². The van der Waals surface area contributed by atoms with Crippen molar-refractivity contribution in [3.05, 3.63) is 83.9 Å². The Morgan fingerprint density at radius 1 is 1.03 bits per heavy atom. The van der Waals surface area contributed by atoms with Crippen molar-refractivity contribution in [3.63, 3.8) is 0 Å². The molecule has 1 atom stereocenters. The number of tetrazole rings is 1. The van der Waals surface area contributed by atoms with Gasteiger partial charge in [-0.3, -0.25) is 9.59 Å². The normalized spacial score (nSPS) is 15.4. The Morgan fingerprint density at radius 3 is 2.51 bits per heavy atom. The lowest BCUT2D eigenvalue weighted by Crippen LogP contribution is -2.49. The van der Waals surface area contributed by atoms with Gasteiger partial charge < -0.3 is 16.0 Å². The summed E-state index contributed by atoms with van der Waals surface area (Å²) in [6, 6.07) is 23.2. The Hall–Kier alpha value is -4.37. The highest BCUT2D eigenvalue weighted by Crippen LogP contribution is 2.31. The molecular formula is C26H25N7O2. The van der Waals surface area contributed by atoms with Gasteiger partial charge in [-0.2, -0.15) is 0 Å². The van der Waals surface area contributed by atoms with Gasteiger partial charge in [-0.1, -0.05) is 66.7 Å². The Labute approximate surface area is 202 Å². The van der Waals surface area contributed by atoms with E-state index in [4.69, 9.17) is 5.73 Å². The van der Waals surface area contributed by atoms with Crippen LogP contribution in [0, 0.1) is 0 Å². The fraction of sp³-hybridized carbons (Fsp3) is 0.192. The quantitative estimate of drug-likeness (QED) is 0.399. The van der Waals surface area contributed by atoms with E-state index in [9.17, 15) is 9.59 Å². The summed E-state index contributed by atoms with van der Waals surface area (Å²) in [4.78, 5) is 27.2. The average molecular weight is 468 g/mol. The molecule has 9 heteroatoms. The Balaban J connectivity index is 1.43. The third kappa shape index (κ3) is 4.67. The monoisotopic (exact) mass is 467 g/mol. The summed E-state index contributed by atoms with van der Waals surface area (Å²) in [7, 11) is 0. The van der Waals surface area contributed by atoms with Crippen LogP contribution in [0.2, 0.25) is 0 Å². The Bertz CT molecular complexity index is 1340. The number of aromatic nitrogens is 4. The van der Waals surface area contributed by atoms with Crippen molar-refractivity contribution in [3.8, 4) is 22.5 Å². The predicted molar refractivity (Wildman–Crippen MR) is 132 cm³/mol. The second kappa shape index (κ2) is 9.86. The molecule has 0 radical (unpaired) electrons. The maximum atomic E-state index is 13.5. The summed E-state index contributed by atoms with van der Waals surface area (Å²) < 4.78 is 0. The standard InChI is InChI=1S/C26H25N7O2/c27-15-24(34)28-22-14-13-19-5-1-4-8-23(19)33(26(22)35)16-17-9-11-18(12-10-17)20-6-2-3-7-21(20)25-29-31-32-30-25/h1-12,22H,13-16,27H2,(H,28,34)(H,29,30,31,32). The molecule has 0 saturated carbocycles. The second-order valence-corrected chi connectivity index (χ2v) is 8.41. The maximum Gasteiger partial charge on any atom is 0.249 e. The minimum absolute atomic E-state index is 0.135. The molecule has 0 spiro atoms. The number of para-hydroxylation sites is 1. The number of anilines is 1. The molecule has 3 aromatic carbocycles. The molecule has 4 aromatic rings. The van der Waals surface area contributed by atoms with Crippen LogP contribution in [0.15, 0.2) is 72.8 Å². The first-order valence-electron chi connectivity index (χ1n) is 11.4. The fourth-order valence-electron chi connectivity index (χ4n) is 4.45. The lowest BCUT2D eigenvalue weighted by molar-refractivity contribution is -0.127. The largest absolute Gasteiger partial charge is 0.343 e. The topological polar surface area (TPSA) is 130 Å². The molecule has 9 nitrogen and oxygen atoms in total. The molecular weight excluding hydrogens is 442 g/mol. The number of H-pyrrole nitrogens is 1. The number of fused-ring (bicyclic) bond motifs is 1. The number of carbonyl (C=O) groups is 2. The first-order valence-corrected chi connectivity index (χ1v) is 11.4. The lowest BCUT2D eigenvalue weighted by atomic mass is 9.98. The van der Waals surface area contributed by atoms with E-state index in [1.165, 1.54) is 0 Å². The lowest BCUT2D eigenvalue weighted by Gasteiger charge is -2.26. The molecule has 5 rings (SSSR count). The Kier molecular flexibility index (Phi) is 6.32. The van der Waals surface area contributed by atoms with Crippen LogP contribution in [0.1, 0.15) is 17.5 Å².